The number of ether oxygens (including phenoxy) is 1. The predicted octanol–water partition coefficient (Wildman–Crippen LogP) is 3.71. The molecule has 1 atom stereocenters. The molecule has 0 aliphatic rings. The lowest BCUT2D eigenvalue weighted by Gasteiger charge is -2.18. The largest absolute Gasteiger partial charge is 0.459 e. The second-order valence-corrected chi connectivity index (χ2v) is 4.57. The van der Waals surface area contributed by atoms with Crippen molar-refractivity contribution in [3.8, 4) is 0 Å². The van der Waals surface area contributed by atoms with Gasteiger partial charge in [-0.1, -0.05) is 33.8 Å². The number of esters is 1. The third-order valence-corrected chi connectivity index (χ3v) is 2.30. The molecular formula is C13H24O2. The highest BCUT2D eigenvalue weighted by Gasteiger charge is 2.14. The molecule has 0 aromatic rings. The van der Waals surface area contributed by atoms with Gasteiger partial charge in [-0.2, -0.15) is 0 Å². The summed E-state index contributed by atoms with van der Waals surface area (Å²) in [6, 6.07) is 0. The molecule has 15 heavy (non-hydrogen) atoms. The third-order valence-electron chi connectivity index (χ3n) is 2.30. The van der Waals surface area contributed by atoms with Crippen LogP contribution in [0.5, 0.6) is 0 Å². The Morgan fingerprint density at radius 3 is 2.27 bits per heavy atom. The molecule has 0 rings (SSSR count). The van der Waals surface area contributed by atoms with Crippen molar-refractivity contribution in [2.24, 2.45) is 5.92 Å². The van der Waals surface area contributed by atoms with Crippen LogP contribution in [-0.4, -0.2) is 12.1 Å². The van der Waals surface area contributed by atoms with Gasteiger partial charge in [0.05, 0.1) is 0 Å². The Morgan fingerprint density at radius 1 is 1.27 bits per heavy atom. The van der Waals surface area contributed by atoms with Crippen molar-refractivity contribution in [3.63, 3.8) is 0 Å². The van der Waals surface area contributed by atoms with Crippen LogP contribution in [-0.2, 0) is 9.53 Å². The summed E-state index contributed by atoms with van der Waals surface area (Å²) in [5.74, 6) is 0.407. The van der Waals surface area contributed by atoms with Gasteiger partial charge in [-0.15, -0.1) is 0 Å². The standard InChI is InChI=1S/C13H24O2/c1-6-7-12(9-8-10(2)3)15-13(14)11(4)5/h10,12H,4,6-9H2,1-3,5H3. The zero-order valence-electron chi connectivity index (χ0n) is 10.5. The molecule has 0 saturated heterocycles. The van der Waals surface area contributed by atoms with Gasteiger partial charge in [-0.3, -0.25) is 0 Å². The van der Waals surface area contributed by atoms with Crippen molar-refractivity contribution in [2.75, 3.05) is 0 Å². The van der Waals surface area contributed by atoms with Gasteiger partial charge in [0.2, 0.25) is 0 Å². The summed E-state index contributed by atoms with van der Waals surface area (Å²) < 4.78 is 5.36. The Kier molecular flexibility index (Phi) is 7.10. The molecular weight excluding hydrogens is 188 g/mol. The lowest BCUT2D eigenvalue weighted by atomic mass is 10.0. The van der Waals surface area contributed by atoms with E-state index in [2.05, 4.69) is 27.4 Å². The molecule has 0 fully saturated rings. The van der Waals surface area contributed by atoms with E-state index in [0.29, 0.717) is 11.5 Å². The fraction of sp³-hybridized carbons (Fsp3) is 0.769. The molecule has 0 aromatic heterocycles. The monoisotopic (exact) mass is 212 g/mol. The number of carbonyl (C=O) groups is 1. The molecule has 1 unspecified atom stereocenters. The highest BCUT2D eigenvalue weighted by atomic mass is 16.5. The van der Waals surface area contributed by atoms with E-state index < -0.39 is 0 Å². The highest BCUT2D eigenvalue weighted by Crippen LogP contribution is 2.15. The summed E-state index contributed by atoms with van der Waals surface area (Å²) >= 11 is 0. The van der Waals surface area contributed by atoms with Crippen LogP contribution in [0.15, 0.2) is 12.2 Å². The lowest BCUT2D eigenvalue weighted by molar-refractivity contribution is -0.145. The minimum Gasteiger partial charge on any atom is -0.459 e. The Morgan fingerprint density at radius 2 is 1.87 bits per heavy atom. The van der Waals surface area contributed by atoms with Crippen molar-refractivity contribution >= 4 is 5.97 Å². The van der Waals surface area contributed by atoms with Gasteiger partial charge >= 0.3 is 5.97 Å². The van der Waals surface area contributed by atoms with Crippen LogP contribution in [0.3, 0.4) is 0 Å². The van der Waals surface area contributed by atoms with E-state index >= 15 is 0 Å². The van der Waals surface area contributed by atoms with Crippen LogP contribution in [0, 0.1) is 5.92 Å². The Balaban J connectivity index is 4.03. The van der Waals surface area contributed by atoms with Gasteiger partial charge in [-0.05, 0) is 32.1 Å². The molecule has 2 heteroatoms. The lowest BCUT2D eigenvalue weighted by Crippen LogP contribution is -2.19. The summed E-state index contributed by atoms with van der Waals surface area (Å²) in [6.07, 6.45) is 4.14. The van der Waals surface area contributed by atoms with E-state index in [4.69, 9.17) is 4.74 Å². The van der Waals surface area contributed by atoms with Gasteiger partial charge < -0.3 is 4.74 Å². The first-order valence-electron chi connectivity index (χ1n) is 5.83. The first-order valence-corrected chi connectivity index (χ1v) is 5.83. The predicted molar refractivity (Wildman–Crippen MR) is 63.7 cm³/mol. The van der Waals surface area contributed by atoms with Crippen molar-refractivity contribution in [1.82, 2.24) is 0 Å². The van der Waals surface area contributed by atoms with Gasteiger partial charge in [-0.25, -0.2) is 4.79 Å². The fourth-order valence-corrected chi connectivity index (χ4v) is 1.36. The maximum absolute atomic E-state index is 11.4. The van der Waals surface area contributed by atoms with Crippen LogP contribution in [0.2, 0.25) is 0 Å². The first-order chi connectivity index (χ1) is 6.97. The minimum atomic E-state index is -0.253. The van der Waals surface area contributed by atoms with Crippen LogP contribution in [0.1, 0.15) is 53.4 Å². The molecule has 0 bridgehead atoms. The maximum Gasteiger partial charge on any atom is 0.333 e. The number of rotatable bonds is 7. The van der Waals surface area contributed by atoms with Gasteiger partial charge in [0.1, 0.15) is 6.10 Å². The molecule has 0 heterocycles. The van der Waals surface area contributed by atoms with E-state index in [1.165, 1.54) is 0 Å². The van der Waals surface area contributed by atoms with Gasteiger partial charge in [0.25, 0.3) is 0 Å². The van der Waals surface area contributed by atoms with Crippen LogP contribution < -0.4 is 0 Å². The topological polar surface area (TPSA) is 26.3 Å². The van der Waals surface area contributed by atoms with E-state index in [9.17, 15) is 4.79 Å². The average Bonchev–Trinajstić information content (AvgIpc) is 2.14. The van der Waals surface area contributed by atoms with Crippen LogP contribution in [0.25, 0.3) is 0 Å². The fourth-order valence-electron chi connectivity index (χ4n) is 1.36. The Bertz CT molecular complexity index is 207. The highest BCUT2D eigenvalue weighted by molar-refractivity contribution is 5.87. The molecule has 0 aliphatic heterocycles. The van der Waals surface area contributed by atoms with Crippen LogP contribution >= 0.6 is 0 Å². The molecule has 2 nitrogen and oxygen atoms in total. The first kappa shape index (κ1) is 14.2. The summed E-state index contributed by atoms with van der Waals surface area (Å²) in [5.41, 5.74) is 0.487. The summed E-state index contributed by atoms with van der Waals surface area (Å²) in [4.78, 5) is 11.4. The normalized spacial score (nSPS) is 12.6. The molecule has 0 aromatic carbocycles. The minimum absolute atomic E-state index is 0.0709. The summed E-state index contributed by atoms with van der Waals surface area (Å²) in [5, 5.41) is 0. The number of hydrogen-bond donors (Lipinski definition) is 0. The second kappa shape index (κ2) is 7.49. The van der Waals surface area contributed by atoms with Gasteiger partial charge in [0.15, 0.2) is 0 Å². The van der Waals surface area contributed by atoms with E-state index in [1.54, 1.807) is 6.92 Å². The van der Waals surface area contributed by atoms with Gasteiger partial charge in [0, 0.05) is 5.57 Å². The van der Waals surface area contributed by atoms with Crippen molar-refractivity contribution in [1.29, 1.82) is 0 Å². The molecule has 88 valence electrons. The van der Waals surface area contributed by atoms with E-state index in [1.807, 2.05) is 0 Å². The summed E-state index contributed by atoms with van der Waals surface area (Å²) in [6.45, 7) is 11.8. The smallest absolute Gasteiger partial charge is 0.333 e. The van der Waals surface area contributed by atoms with E-state index in [0.717, 1.165) is 25.7 Å². The SMILES string of the molecule is C=C(C)C(=O)OC(CCC)CCC(C)C. The molecule has 0 N–H and O–H groups in total. The number of hydrogen-bond acceptors (Lipinski definition) is 2. The number of carbonyl (C=O) groups excluding carboxylic acids is 1. The average molecular weight is 212 g/mol. The molecule has 0 radical (unpaired) electrons. The molecule has 0 saturated carbocycles. The zero-order valence-corrected chi connectivity index (χ0v) is 10.5. The van der Waals surface area contributed by atoms with Crippen molar-refractivity contribution in [3.05, 3.63) is 12.2 Å². The maximum atomic E-state index is 11.4. The van der Waals surface area contributed by atoms with E-state index in [-0.39, 0.29) is 12.1 Å². The van der Waals surface area contributed by atoms with Crippen LogP contribution in [0.4, 0.5) is 0 Å². The second-order valence-electron chi connectivity index (χ2n) is 4.57. The molecule has 0 spiro atoms. The Labute approximate surface area is 93.7 Å². The summed E-state index contributed by atoms with van der Waals surface area (Å²) in [7, 11) is 0. The van der Waals surface area contributed by atoms with Crippen molar-refractivity contribution in [2.45, 2.75) is 59.5 Å². The molecule has 0 aliphatic carbocycles. The molecule has 0 amide bonds. The Hall–Kier alpha value is -0.790. The zero-order chi connectivity index (χ0) is 11.8. The quantitative estimate of drug-likeness (QED) is 0.475. The third kappa shape index (κ3) is 7.18. The van der Waals surface area contributed by atoms with Crippen molar-refractivity contribution < 1.29 is 9.53 Å².